The van der Waals surface area contributed by atoms with E-state index in [0.29, 0.717) is 17.2 Å². The molecule has 4 atom stereocenters. The second-order valence-electron chi connectivity index (χ2n) is 8.59. The van der Waals surface area contributed by atoms with Crippen LogP contribution in [-0.4, -0.2) is 5.97 Å². The summed E-state index contributed by atoms with van der Waals surface area (Å²) in [4.78, 5) is 12.3. The average Bonchev–Trinajstić information content (AvgIpc) is 2.75. The van der Waals surface area contributed by atoms with Crippen molar-refractivity contribution in [3.8, 4) is 5.75 Å². The first-order chi connectivity index (χ1) is 14.1. The van der Waals surface area contributed by atoms with Gasteiger partial charge in [-0.05, 0) is 111 Å². The van der Waals surface area contributed by atoms with Gasteiger partial charge in [-0.15, -0.1) is 0 Å². The lowest BCUT2D eigenvalue weighted by atomic mass is 9.64. The molecular formula is C26H29FO2. The Morgan fingerprint density at radius 3 is 2.34 bits per heavy atom. The van der Waals surface area contributed by atoms with Crippen LogP contribution in [-0.2, 0) is 0 Å². The lowest BCUT2D eigenvalue weighted by Crippen LogP contribution is -2.30. The topological polar surface area (TPSA) is 26.3 Å². The molecule has 0 aromatic heterocycles. The van der Waals surface area contributed by atoms with Crippen molar-refractivity contribution in [1.82, 2.24) is 0 Å². The number of benzene rings is 2. The molecule has 0 bridgehead atoms. The minimum Gasteiger partial charge on any atom is -0.423 e. The fourth-order valence-corrected chi connectivity index (χ4v) is 5.24. The number of fused-ring (bicyclic) bond motifs is 1. The quantitative estimate of drug-likeness (QED) is 0.321. The van der Waals surface area contributed by atoms with Crippen molar-refractivity contribution in [2.24, 2.45) is 17.8 Å². The van der Waals surface area contributed by atoms with Gasteiger partial charge in [-0.2, -0.15) is 0 Å². The molecule has 2 aliphatic rings. The van der Waals surface area contributed by atoms with Crippen molar-refractivity contribution >= 4 is 5.97 Å². The highest BCUT2D eigenvalue weighted by molar-refractivity contribution is 5.91. The molecule has 3 heteroatoms. The summed E-state index contributed by atoms with van der Waals surface area (Å²) in [6.07, 6.45) is 12.5. The van der Waals surface area contributed by atoms with Crippen LogP contribution < -0.4 is 4.74 Å². The van der Waals surface area contributed by atoms with E-state index in [1.807, 2.05) is 12.1 Å². The number of allylic oxidation sites excluding steroid dienone is 2. The molecule has 0 saturated heterocycles. The summed E-state index contributed by atoms with van der Waals surface area (Å²) in [6.45, 7) is 2.13. The SMILES string of the molecule is CC=C[C@H]1CC[C@@H]2CC(c3ccc(C(=O)Oc4ccc(F)cc4)cc3)CC[C@H]2C1. The molecule has 2 fully saturated rings. The maximum atomic E-state index is 13.0. The second-order valence-corrected chi connectivity index (χ2v) is 8.59. The van der Waals surface area contributed by atoms with E-state index in [9.17, 15) is 9.18 Å². The smallest absolute Gasteiger partial charge is 0.343 e. The molecule has 2 aliphatic carbocycles. The Kier molecular flexibility index (Phi) is 6.13. The summed E-state index contributed by atoms with van der Waals surface area (Å²) in [5, 5.41) is 0. The summed E-state index contributed by atoms with van der Waals surface area (Å²) in [6, 6.07) is 13.4. The average molecular weight is 393 g/mol. The maximum Gasteiger partial charge on any atom is 0.343 e. The molecule has 0 aliphatic heterocycles. The zero-order chi connectivity index (χ0) is 20.2. The van der Waals surface area contributed by atoms with Gasteiger partial charge in [-0.1, -0.05) is 24.3 Å². The fourth-order valence-electron chi connectivity index (χ4n) is 5.24. The predicted molar refractivity (Wildman–Crippen MR) is 114 cm³/mol. The van der Waals surface area contributed by atoms with Crippen molar-refractivity contribution in [2.75, 3.05) is 0 Å². The summed E-state index contributed by atoms with van der Waals surface area (Å²) in [7, 11) is 0. The Bertz CT molecular complexity index is 853. The van der Waals surface area contributed by atoms with Crippen LogP contribution in [0, 0.1) is 23.6 Å². The lowest BCUT2D eigenvalue weighted by molar-refractivity contribution is 0.0734. The number of esters is 1. The van der Waals surface area contributed by atoms with E-state index in [1.54, 1.807) is 0 Å². The third-order valence-electron chi connectivity index (χ3n) is 6.76. The molecule has 0 radical (unpaired) electrons. The Hall–Kier alpha value is -2.42. The van der Waals surface area contributed by atoms with Crippen molar-refractivity contribution in [1.29, 1.82) is 0 Å². The van der Waals surface area contributed by atoms with Crippen molar-refractivity contribution in [2.45, 2.75) is 51.4 Å². The van der Waals surface area contributed by atoms with Crippen LogP contribution in [0.15, 0.2) is 60.7 Å². The van der Waals surface area contributed by atoms with Gasteiger partial charge in [0.05, 0.1) is 5.56 Å². The number of ether oxygens (including phenoxy) is 1. The number of hydrogen-bond acceptors (Lipinski definition) is 2. The van der Waals surface area contributed by atoms with Gasteiger partial charge in [0.1, 0.15) is 11.6 Å². The largest absolute Gasteiger partial charge is 0.423 e. The molecule has 0 spiro atoms. The third-order valence-corrected chi connectivity index (χ3v) is 6.76. The van der Waals surface area contributed by atoms with Gasteiger partial charge in [0.25, 0.3) is 0 Å². The van der Waals surface area contributed by atoms with Crippen LogP contribution >= 0.6 is 0 Å². The molecule has 29 heavy (non-hydrogen) atoms. The van der Waals surface area contributed by atoms with E-state index in [1.165, 1.54) is 68.4 Å². The first kappa shape index (κ1) is 19.9. The van der Waals surface area contributed by atoms with Crippen LogP contribution in [0.25, 0.3) is 0 Å². The van der Waals surface area contributed by atoms with Crippen LogP contribution in [0.5, 0.6) is 5.75 Å². The van der Waals surface area contributed by atoms with E-state index >= 15 is 0 Å². The summed E-state index contributed by atoms with van der Waals surface area (Å²) < 4.78 is 18.3. The fraction of sp³-hybridized carbons (Fsp3) is 0.423. The first-order valence-corrected chi connectivity index (χ1v) is 10.8. The highest BCUT2D eigenvalue weighted by atomic mass is 19.1. The number of rotatable bonds is 4. The molecule has 1 unspecified atom stereocenters. The number of carbonyl (C=O) groups excluding carboxylic acids is 1. The molecule has 4 rings (SSSR count). The first-order valence-electron chi connectivity index (χ1n) is 10.8. The predicted octanol–water partition coefficient (Wildman–Crippen LogP) is 6.92. The highest BCUT2D eigenvalue weighted by Crippen LogP contribution is 2.47. The number of halogens is 1. The Morgan fingerprint density at radius 2 is 1.62 bits per heavy atom. The monoisotopic (exact) mass is 392 g/mol. The van der Waals surface area contributed by atoms with Crippen LogP contribution in [0.4, 0.5) is 4.39 Å². The van der Waals surface area contributed by atoms with E-state index in [0.717, 1.165) is 17.8 Å². The molecule has 2 saturated carbocycles. The van der Waals surface area contributed by atoms with Gasteiger partial charge in [0.15, 0.2) is 0 Å². The summed E-state index contributed by atoms with van der Waals surface area (Å²) in [5.74, 6) is 2.70. The minimum absolute atomic E-state index is 0.348. The molecule has 0 N–H and O–H groups in total. The third kappa shape index (κ3) is 4.77. The normalized spacial score (nSPS) is 26.8. The van der Waals surface area contributed by atoms with Gasteiger partial charge in [0.2, 0.25) is 0 Å². The van der Waals surface area contributed by atoms with E-state index < -0.39 is 5.97 Å². The zero-order valence-corrected chi connectivity index (χ0v) is 17.0. The van der Waals surface area contributed by atoms with Crippen molar-refractivity contribution in [3.05, 3.63) is 77.6 Å². The lowest BCUT2D eigenvalue weighted by Gasteiger charge is -2.41. The summed E-state index contributed by atoms with van der Waals surface area (Å²) >= 11 is 0. The molecule has 2 aromatic rings. The Labute approximate surface area is 172 Å². The van der Waals surface area contributed by atoms with E-state index in [-0.39, 0.29) is 5.82 Å². The molecule has 0 heterocycles. The molecule has 152 valence electrons. The minimum atomic E-state index is -0.408. The van der Waals surface area contributed by atoms with E-state index in [4.69, 9.17) is 4.74 Å². The van der Waals surface area contributed by atoms with E-state index in [2.05, 4.69) is 31.2 Å². The van der Waals surface area contributed by atoms with Gasteiger partial charge in [0, 0.05) is 0 Å². The van der Waals surface area contributed by atoms with Gasteiger partial charge >= 0.3 is 5.97 Å². The van der Waals surface area contributed by atoms with Crippen LogP contribution in [0.2, 0.25) is 0 Å². The molecular weight excluding hydrogens is 363 g/mol. The standard InChI is InChI=1S/C26H29FO2/c1-2-3-18-4-5-23-17-22(11-10-21(23)16-18)19-6-8-20(9-7-19)26(28)29-25-14-12-24(27)13-15-25/h2-3,6-9,12-15,18,21-23H,4-5,10-11,16-17H2,1H3/t18-,21-,22?,23+/m0/s1. The van der Waals surface area contributed by atoms with Crippen molar-refractivity contribution < 1.29 is 13.9 Å². The molecule has 2 nitrogen and oxygen atoms in total. The Balaban J connectivity index is 1.36. The van der Waals surface area contributed by atoms with Crippen LogP contribution in [0.1, 0.15) is 67.3 Å². The van der Waals surface area contributed by atoms with Gasteiger partial charge in [-0.3, -0.25) is 0 Å². The molecule has 0 amide bonds. The zero-order valence-electron chi connectivity index (χ0n) is 17.0. The van der Waals surface area contributed by atoms with Crippen LogP contribution in [0.3, 0.4) is 0 Å². The summed E-state index contributed by atoms with van der Waals surface area (Å²) in [5.41, 5.74) is 1.86. The van der Waals surface area contributed by atoms with Crippen molar-refractivity contribution in [3.63, 3.8) is 0 Å². The second kappa shape index (κ2) is 8.94. The van der Waals surface area contributed by atoms with Gasteiger partial charge in [-0.25, -0.2) is 9.18 Å². The molecule has 2 aromatic carbocycles. The van der Waals surface area contributed by atoms with Gasteiger partial charge < -0.3 is 4.74 Å². The number of hydrogen-bond donors (Lipinski definition) is 0. The number of carbonyl (C=O) groups is 1. The highest BCUT2D eigenvalue weighted by Gasteiger charge is 2.35. The maximum absolute atomic E-state index is 13.0. The Morgan fingerprint density at radius 1 is 0.931 bits per heavy atom.